The summed E-state index contributed by atoms with van der Waals surface area (Å²) in [6.45, 7) is 9.84. The molecule has 0 bridgehead atoms. The first kappa shape index (κ1) is 16.5. The molecule has 1 aromatic heterocycles. The molecule has 0 aliphatic rings. The van der Waals surface area contributed by atoms with Crippen molar-refractivity contribution in [1.29, 1.82) is 0 Å². The largest absolute Gasteiger partial charge is 0.359 e. The van der Waals surface area contributed by atoms with E-state index in [4.69, 9.17) is 11.6 Å². The maximum atomic E-state index is 6.21. The number of hydrogen-bond acceptors (Lipinski definition) is 2. The molecule has 3 nitrogen and oxygen atoms in total. The van der Waals surface area contributed by atoms with Crippen LogP contribution in [0.25, 0.3) is 10.9 Å². The van der Waals surface area contributed by atoms with Crippen LogP contribution in [0.4, 0.5) is 5.69 Å². The van der Waals surface area contributed by atoms with Gasteiger partial charge < -0.3 is 11.9 Å². The van der Waals surface area contributed by atoms with Gasteiger partial charge in [0.25, 0.3) is 0 Å². The van der Waals surface area contributed by atoms with Gasteiger partial charge in [-0.25, -0.2) is 5.10 Å². The van der Waals surface area contributed by atoms with E-state index in [2.05, 4.69) is 42.3 Å². The fraction of sp³-hybridized carbons (Fsp3) is 0.286. The van der Waals surface area contributed by atoms with Crippen LogP contribution in [0.15, 0.2) is 23.3 Å². The van der Waals surface area contributed by atoms with Gasteiger partial charge in [0.15, 0.2) is 0 Å². The summed E-state index contributed by atoms with van der Waals surface area (Å²) in [5, 5.41) is 5.83. The molecule has 0 atom stereocenters. The summed E-state index contributed by atoms with van der Waals surface area (Å²) in [5.41, 5.74) is 6.67. The minimum absolute atomic E-state index is 0. The number of aromatic nitrogens is 1. The third-order valence-corrected chi connectivity index (χ3v) is 3.03. The number of rotatable bonds is 3. The molecule has 0 aliphatic carbocycles. The Morgan fingerprint density at radius 2 is 2.05 bits per heavy atom. The topological polar surface area (TPSA) is 40.2 Å². The van der Waals surface area contributed by atoms with Crippen molar-refractivity contribution < 1.29 is 31.1 Å². The fourth-order valence-electron chi connectivity index (χ4n) is 1.73. The monoisotopic (exact) mass is 500 g/mol. The van der Waals surface area contributed by atoms with Gasteiger partial charge in [0, 0.05) is 47.7 Å². The summed E-state index contributed by atoms with van der Waals surface area (Å²) >= 11 is 6.21. The summed E-state index contributed by atoms with van der Waals surface area (Å²) in [7, 11) is 0. The van der Waals surface area contributed by atoms with Crippen molar-refractivity contribution in [2.45, 2.75) is 26.7 Å². The van der Waals surface area contributed by atoms with Crippen LogP contribution in [-0.2, 0) is 0 Å². The second-order valence-corrected chi connectivity index (χ2v) is 5.16. The fourth-order valence-corrected chi connectivity index (χ4v) is 1.94. The molecule has 1 heterocycles. The van der Waals surface area contributed by atoms with Crippen molar-refractivity contribution in [3.63, 3.8) is 0 Å². The second-order valence-electron chi connectivity index (χ2n) is 4.76. The van der Waals surface area contributed by atoms with Crippen LogP contribution in [-0.4, -0.2) is 10.7 Å². The number of hydrazone groups is 1. The smallest absolute Gasteiger partial charge is 0.0768 e. The van der Waals surface area contributed by atoms with Crippen LogP contribution in [0.3, 0.4) is 0 Å². The average Bonchev–Trinajstić information content (AvgIpc) is 2.68. The van der Waals surface area contributed by atoms with Gasteiger partial charge >= 0.3 is 0 Å². The van der Waals surface area contributed by atoms with E-state index in [1.165, 1.54) is 5.69 Å². The third-order valence-electron chi connectivity index (χ3n) is 2.72. The van der Waals surface area contributed by atoms with Crippen LogP contribution < -0.4 is 5.43 Å². The summed E-state index contributed by atoms with van der Waals surface area (Å²) in [5.74, 6) is 0.465. The third kappa shape index (κ3) is 3.95. The number of nitrogens with zero attached hydrogens (tertiary/aromatic N) is 1. The first-order valence-corrected chi connectivity index (χ1v) is 6.29. The molecular weight excluding hydrogens is 484 g/mol. The molecule has 0 unspecified atom stereocenters. The number of halogens is 1. The molecule has 0 spiro atoms. The molecule has 0 saturated heterocycles. The Kier molecular flexibility index (Phi) is 5.86. The molecule has 0 amide bonds. The zero-order chi connectivity index (χ0) is 13.3. The maximum Gasteiger partial charge on any atom is 0.0768 e. The van der Waals surface area contributed by atoms with E-state index in [1.54, 1.807) is 0 Å². The minimum atomic E-state index is 0. The van der Waals surface area contributed by atoms with Crippen LogP contribution >= 0.6 is 11.6 Å². The number of H-pyrrole nitrogens is 1. The van der Waals surface area contributed by atoms with Gasteiger partial charge in [-0.15, -0.1) is 5.71 Å². The molecule has 0 radical (unpaired) electrons. The van der Waals surface area contributed by atoms with Crippen molar-refractivity contribution in [2.75, 3.05) is 5.43 Å². The zero-order valence-corrected chi connectivity index (χ0v) is 16.3. The van der Waals surface area contributed by atoms with E-state index in [9.17, 15) is 0 Å². The molecular formula is C14H17ClN3U-. The van der Waals surface area contributed by atoms with Gasteiger partial charge in [0.05, 0.1) is 10.7 Å². The molecule has 0 fully saturated rings. The molecule has 2 N–H and O–H groups in total. The molecule has 0 saturated carbocycles. The van der Waals surface area contributed by atoms with Gasteiger partial charge in [0.2, 0.25) is 0 Å². The first-order valence-electron chi connectivity index (χ1n) is 5.92. The van der Waals surface area contributed by atoms with Crippen molar-refractivity contribution in [3.8, 4) is 0 Å². The van der Waals surface area contributed by atoms with Crippen molar-refractivity contribution in [3.05, 3.63) is 35.8 Å². The van der Waals surface area contributed by atoms with Crippen LogP contribution in [0, 0.1) is 38.0 Å². The summed E-state index contributed by atoms with van der Waals surface area (Å²) < 4.78 is 0. The molecule has 100 valence electrons. The SMILES string of the molecule is [CH2-]/C(C)=N\Nc1cc2[nH]c(C(C)C)cc2cc1Cl.[U]. The molecule has 1 aromatic carbocycles. The normalized spacial score (nSPS) is 11.7. The number of aromatic amines is 1. The minimum Gasteiger partial charge on any atom is -0.359 e. The predicted octanol–water partition coefficient (Wildman–Crippen LogP) is 4.57. The number of benzene rings is 1. The van der Waals surface area contributed by atoms with Gasteiger partial charge in [-0.1, -0.05) is 32.4 Å². The van der Waals surface area contributed by atoms with E-state index in [0.29, 0.717) is 16.7 Å². The van der Waals surface area contributed by atoms with E-state index in [1.807, 2.05) is 19.1 Å². The Morgan fingerprint density at radius 3 is 2.63 bits per heavy atom. The maximum absolute atomic E-state index is 6.21. The van der Waals surface area contributed by atoms with E-state index < -0.39 is 0 Å². The summed E-state index contributed by atoms with van der Waals surface area (Å²) in [6.07, 6.45) is 0. The average molecular weight is 501 g/mol. The van der Waals surface area contributed by atoms with Gasteiger partial charge in [-0.2, -0.15) is 0 Å². The summed E-state index contributed by atoms with van der Waals surface area (Å²) in [4.78, 5) is 3.39. The Labute approximate surface area is 142 Å². The Bertz CT molecular complexity index is 598. The predicted molar refractivity (Wildman–Crippen MR) is 79.5 cm³/mol. The summed E-state index contributed by atoms with van der Waals surface area (Å²) in [6, 6.07) is 6.04. The van der Waals surface area contributed by atoms with E-state index >= 15 is 0 Å². The molecule has 2 rings (SSSR count). The van der Waals surface area contributed by atoms with Crippen LogP contribution in [0.2, 0.25) is 5.02 Å². The number of fused-ring (bicyclic) bond motifs is 1. The number of hydrogen-bond donors (Lipinski definition) is 2. The van der Waals surface area contributed by atoms with Crippen molar-refractivity contribution in [2.24, 2.45) is 5.10 Å². The first-order chi connectivity index (χ1) is 8.47. The molecule has 2 aromatic rings. The van der Waals surface area contributed by atoms with E-state index in [0.717, 1.165) is 16.6 Å². The molecule has 0 aliphatic heterocycles. The second kappa shape index (κ2) is 6.74. The van der Waals surface area contributed by atoms with Crippen molar-refractivity contribution in [1.82, 2.24) is 4.98 Å². The van der Waals surface area contributed by atoms with Crippen LogP contribution in [0.5, 0.6) is 0 Å². The Hall–Kier alpha value is -0.558. The standard InChI is InChI=1S/C14H17ClN3.U/c1-8(2)12-6-10-5-11(15)14(7-13(10)16-12)18-17-9(3)4;/h5-8,16,18H,3H2,1-2,4H3;/q-1;/b17-9+;. The molecule has 5 heteroatoms. The number of nitrogens with one attached hydrogen (secondary N) is 2. The van der Waals surface area contributed by atoms with Crippen LogP contribution in [0.1, 0.15) is 32.4 Å². The van der Waals surface area contributed by atoms with Gasteiger partial charge in [0.1, 0.15) is 0 Å². The quantitative estimate of drug-likeness (QED) is 0.362. The van der Waals surface area contributed by atoms with Gasteiger partial charge in [-0.3, -0.25) is 5.43 Å². The zero-order valence-electron chi connectivity index (χ0n) is 11.3. The number of anilines is 1. The molecule has 19 heavy (non-hydrogen) atoms. The Balaban J connectivity index is 0.00000180. The van der Waals surface area contributed by atoms with Crippen molar-refractivity contribution >= 4 is 33.9 Å². The van der Waals surface area contributed by atoms with Gasteiger partial charge in [-0.05, 0) is 24.1 Å². The van der Waals surface area contributed by atoms with E-state index in [-0.39, 0.29) is 31.1 Å². The Morgan fingerprint density at radius 1 is 1.37 bits per heavy atom.